The average Bonchev–Trinajstić information content (AvgIpc) is 1.66. The zero-order chi connectivity index (χ0) is 77.1. The largest absolute Gasteiger partial charge is 0.488 e. The van der Waals surface area contributed by atoms with E-state index in [1.165, 1.54) is 75.8 Å². The van der Waals surface area contributed by atoms with Crippen LogP contribution in [0.25, 0.3) is 99.4 Å². The second-order valence-electron chi connectivity index (χ2n) is 28.0. The lowest BCUT2D eigenvalue weighted by Crippen LogP contribution is -2.41. The van der Waals surface area contributed by atoms with Crippen molar-refractivity contribution >= 4 is 168 Å². The summed E-state index contributed by atoms with van der Waals surface area (Å²) >= 11 is 7.92. The molecule has 0 bridgehead atoms. The third-order valence-electron chi connectivity index (χ3n) is 20.0. The van der Waals surface area contributed by atoms with Crippen LogP contribution >= 0.6 is 34.2 Å². The van der Waals surface area contributed by atoms with Crippen LogP contribution in [0.3, 0.4) is 0 Å². The SMILES string of the molecule is CC1(C)OB(B2OC(C)(C)C(C)(C)O2)OC1(C)C.CN(c1cc2oc(C3C=CC(F)=CC3)c(C(N)=O)c2cc1I)S(C)(=O)=O.CNC(=O)c1c(-c2ccc(F)cc2)oc2cc(N(C)S(C)(=O)=O)c(-c3ccc4ncn5c6cccc(F)c6cc5c4n3)cc12.Fc1cccc2c1cc1c3nc(Cl)ccc3ncn21. The lowest BCUT2D eigenvalue weighted by atomic mass is 9.49. The van der Waals surface area contributed by atoms with E-state index in [0.29, 0.717) is 98.1 Å². The van der Waals surface area contributed by atoms with Crippen LogP contribution < -0.4 is 19.7 Å². The lowest BCUT2D eigenvalue weighted by molar-refractivity contribution is 0.00578. The Morgan fingerprint density at radius 3 is 1.63 bits per heavy atom. The predicted molar refractivity (Wildman–Crippen MR) is 417 cm³/mol. The molecule has 1 aliphatic carbocycles. The highest BCUT2D eigenvalue weighted by Gasteiger charge is 2.64. The molecule has 10 heterocycles. The number of hydrogen-bond acceptors (Lipinski definition) is 16. The summed E-state index contributed by atoms with van der Waals surface area (Å²) in [6, 6.07) is 32.1. The van der Waals surface area contributed by atoms with Crippen LogP contribution in [0.5, 0.6) is 0 Å². The number of primary amides is 1. The summed E-state index contributed by atoms with van der Waals surface area (Å²) in [5, 5.41) is 4.90. The first-order chi connectivity index (χ1) is 50.3. The average molecular weight is 1630 g/mol. The van der Waals surface area contributed by atoms with E-state index >= 15 is 0 Å². The summed E-state index contributed by atoms with van der Waals surface area (Å²) in [6.45, 7) is 16.2. The van der Waals surface area contributed by atoms with Crippen LogP contribution in [0.2, 0.25) is 5.15 Å². The van der Waals surface area contributed by atoms with Gasteiger partial charge in [0.1, 0.15) is 74.8 Å². The number of benzene rings is 5. The lowest BCUT2D eigenvalue weighted by Gasteiger charge is -2.32. The molecule has 2 amide bonds. The van der Waals surface area contributed by atoms with Crippen molar-refractivity contribution in [3.63, 3.8) is 0 Å². The molecule has 5 aromatic carbocycles. The number of aromatic nitrogens is 6. The second kappa shape index (κ2) is 28.0. The van der Waals surface area contributed by atoms with Gasteiger partial charge in [0.2, 0.25) is 20.0 Å². The number of sulfonamides is 2. The van der Waals surface area contributed by atoms with Crippen molar-refractivity contribution in [2.45, 2.75) is 90.1 Å². The normalized spacial score (nSPS) is 16.6. The molecule has 107 heavy (non-hydrogen) atoms. The Hall–Kier alpha value is -9.47. The van der Waals surface area contributed by atoms with E-state index < -0.39 is 51.7 Å². The molecule has 8 aromatic heterocycles. The molecular weight excluding hydrogens is 1560 g/mol. The molecule has 0 saturated carbocycles. The number of rotatable bonds is 10. The minimum absolute atomic E-state index is 0.196. The molecule has 13 aromatic rings. The highest BCUT2D eigenvalue weighted by Crippen LogP contribution is 2.46. The summed E-state index contributed by atoms with van der Waals surface area (Å²) in [6.07, 6.45) is 10.1. The highest BCUT2D eigenvalue weighted by atomic mass is 127. The molecule has 0 radical (unpaired) electrons. The van der Waals surface area contributed by atoms with Gasteiger partial charge in [0.25, 0.3) is 11.8 Å². The molecule has 2 aliphatic heterocycles. The van der Waals surface area contributed by atoms with Crippen LogP contribution in [0.1, 0.15) is 94.2 Å². The number of carbonyl (C=O) groups is 2. The number of nitrogens with zero attached hydrogens (tertiary/aromatic N) is 8. The maximum atomic E-state index is 14.7. The number of amides is 2. The molecule has 3 aliphatic rings. The van der Waals surface area contributed by atoms with E-state index in [1.807, 2.05) is 88.4 Å². The van der Waals surface area contributed by atoms with Crippen LogP contribution in [0.15, 0.2) is 167 Å². The van der Waals surface area contributed by atoms with Crippen LogP contribution in [0, 0.1) is 21.0 Å². The molecule has 552 valence electrons. The molecule has 3 N–H and O–H groups in total. The van der Waals surface area contributed by atoms with E-state index in [1.54, 1.807) is 95.9 Å². The zero-order valence-corrected chi connectivity index (χ0v) is 64.6. The van der Waals surface area contributed by atoms with Gasteiger partial charge in [-0.25, -0.2) is 54.3 Å². The number of furan rings is 2. The van der Waals surface area contributed by atoms with E-state index in [2.05, 4.69) is 20.3 Å². The quantitative estimate of drug-likeness (QED) is 0.0557. The van der Waals surface area contributed by atoms with Gasteiger partial charge < -0.3 is 38.5 Å². The molecule has 22 nitrogen and oxygen atoms in total. The molecular formula is C75H70B2ClF4IN10O12S2. The Balaban J connectivity index is 0.000000136. The first kappa shape index (κ1) is 75.8. The number of hydrogen-bond donors (Lipinski definition) is 2. The Morgan fingerprint density at radius 1 is 0.626 bits per heavy atom. The van der Waals surface area contributed by atoms with Gasteiger partial charge in [-0.2, -0.15) is 0 Å². The van der Waals surface area contributed by atoms with Crippen molar-refractivity contribution in [3.8, 4) is 22.6 Å². The van der Waals surface area contributed by atoms with Crippen molar-refractivity contribution in [3.05, 3.63) is 201 Å². The molecule has 2 fully saturated rings. The minimum atomic E-state index is -3.75. The number of allylic oxidation sites excluding steroid dienone is 4. The summed E-state index contributed by atoms with van der Waals surface area (Å²) in [4.78, 5) is 43.3. The fraction of sp³-hybridized carbons (Fsp3) is 0.253. The Labute approximate surface area is 631 Å². The highest BCUT2D eigenvalue weighted by molar-refractivity contribution is 14.1. The van der Waals surface area contributed by atoms with E-state index in [4.69, 9.17) is 49.8 Å². The van der Waals surface area contributed by atoms with Gasteiger partial charge in [-0.3, -0.25) is 27.0 Å². The van der Waals surface area contributed by atoms with Gasteiger partial charge in [0.05, 0.1) is 96.2 Å². The molecule has 1 atom stereocenters. The first-order valence-electron chi connectivity index (χ1n) is 33.4. The van der Waals surface area contributed by atoms with E-state index in [-0.39, 0.29) is 73.9 Å². The number of nitrogens with two attached hydrogens (primary N) is 1. The molecule has 2 saturated heterocycles. The van der Waals surface area contributed by atoms with Crippen LogP contribution in [-0.2, 0) is 38.7 Å². The Bertz CT molecular complexity index is 6070. The number of halogens is 6. The molecule has 32 heteroatoms. The first-order valence-corrected chi connectivity index (χ1v) is 38.5. The Kier molecular flexibility index (Phi) is 19.8. The van der Waals surface area contributed by atoms with Gasteiger partial charge in [0, 0.05) is 75.4 Å². The van der Waals surface area contributed by atoms with Crippen molar-refractivity contribution < 1.29 is 71.4 Å². The van der Waals surface area contributed by atoms with Gasteiger partial charge in [-0.1, -0.05) is 29.8 Å². The number of nitrogens with one attached hydrogen (secondary N) is 1. The topological polar surface area (TPSA) is 271 Å². The summed E-state index contributed by atoms with van der Waals surface area (Å²) < 4.78 is 147. The predicted octanol–water partition coefficient (Wildman–Crippen LogP) is 15.7. The third-order valence-corrected chi connectivity index (χ3v) is 23.4. The minimum Gasteiger partial charge on any atom is -0.459 e. The number of fused-ring (bicyclic) bond motifs is 12. The molecule has 16 rings (SSSR count). The van der Waals surface area contributed by atoms with Gasteiger partial charge in [-0.05, 0) is 194 Å². The van der Waals surface area contributed by atoms with Crippen LogP contribution in [0.4, 0.5) is 28.9 Å². The monoisotopic (exact) mass is 1630 g/mol. The fourth-order valence-corrected chi connectivity index (χ4v) is 14.8. The maximum absolute atomic E-state index is 14.7. The van der Waals surface area contributed by atoms with Gasteiger partial charge >= 0.3 is 14.0 Å². The molecule has 1 unspecified atom stereocenters. The number of pyridine rings is 2. The Morgan fingerprint density at radius 2 is 1.12 bits per heavy atom. The van der Waals surface area contributed by atoms with Crippen molar-refractivity contribution in [1.29, 1.82) is 0 Å². The summed E-state index contributed by atoms with van der Waals surface area (Å²) in [7, 11) is -3.83. The molecule has 0 spiro atoms. The number of carbonyl (C=O) groups excluding carboxylic acids is 2. The van der Waals surface area contributed by atoms with Crippen molar-refractivity contribution in [2.24, 2.45) is 5.73 Å². The van der Waals surface area contributed by atoms with Crippen molar-refractivity contribution in [1.82, 2.24) is 34.1 Å². The maximum Gasteiger partial charge on any atom is 0.488 e. The van der Waals surface area contributed by atoms with Crippen molar-refractivity contribution in [2.75, 3.05) is 42.3 Å². The third kappa shape index (κ3) is 14.2. The second-order valence-corrected chi connectivity index (χ2v) is 33.5. The fourth-order valence-electron chi connectivity index (χ4n) is 12.7. The van der Waals surface area contributed by atoms with E-state index in [0.717, 1.165) is 37.7 Å². The standard InChI is InChI=1S/C32H23F2N5O4S.C17H16FIN2O4S.C14H7ClFN3.C12H24B2O4/c1-35-32(40)29-21-13-20(26(38(2)44(3,41)42)15-28(21)43-31(29)17-7-9-18(33)10-8-17)23-11-12-24-30(37-23)27-14-19-22(34)5-4-6-25(19)39(27)16-36-24;1-21(26(2,23)24)13-8-14-11(7-12(13)19)15(17(20)22)16(25-14)9-3-5-10(18)6-4-9;15-13-5-4-10-14(18-13)12-6-8-9(16)2-1-3-11(8)19(12)7-17-10;1-9(2)10(3,4)16-13(15-9)14-17-11(5,6)12(7,8)18-14/h4-16H,1-3H3,(H,35,40);3,5-9H,4H2,1-2H3,(H2,20,22);1-7H;1-8H3. The van der Waals surface area contributed by atoms with Gasteiger partial charge in [0.15, 0.2) is 0 Å². The van der Waals surface area contributed by atoms with E-state index in [9.17, 15) is 44.0 Å². The number of anilines is 2. The van der Waals surface area contributed by atoms with Crippen LogP contribution in [-0.4, -0.2) is 127 Å². The summed E-state index contributed by atoms with van der Waals surface area (Å²) in [5.74, 6) is -2.29. The zero-order valence-electron chi connectivity index (χ0n) is 60.0. The summed E-state index contributed by atoms with van der Waals surface area (Å²) in [5.41, 5.74) is 12.3. The van der Waals surface area contributed by atoms with Gasteiger partial charge in [-0.15, -0.1) is 0 Å². The smallest absolute Gasteiger partial charge is 0.459 e.